The molecule has 2 fully saturated rings. The molecule has 160 valence electrons. The van der Waals surface area contributed by atoms with Gasteiger partial charge >= 0.3 is 0 Å². The fourth-order valence-corrected chi connectivity index (χ4v) is 5.29. The Morgan fingerprint density at radius 1 is 0.903 bits per heavy atom. The maximum absolute atomic E-state index is 15.0. The van der Waals surface area contributed by atoms with Gasteiger partial charge in [0.15, 0.2) is 0 Å². The number of hydrogen-bond acceptors (Lipinski definition) is 1. The molecule has 0 N–H and O–H groups in total. The van der Waals surface area contributed by atoms with E-state index >= 15 is 0 Å². The Balaban J connectivity index is 1.40. The van der Waals surface area contributed by atoms with E-state index in [1.54, 1.807) is 12.1 Å². The third kappa shape index (κ3) is 5.28. The van der Waals surface area contributed by atoms with Crippen molar-refractivity contribution in [1.29, 1.82) is 0 Å². The number of rotatable bonds is 5. The number of benzene rings is 2. The largest absolute Gasteiger partial charge is 0.490 e. The molecule has 0 bridgehead atoms. The lowest BCUT2D eigenvalue weighted by Crippen LogP contribution is -2.30. The molecule has 2 aromatic rings. The van der Waals surface area contributed by atoms with Crippen LogP contribution >= 0.6 is 0 Å². The van der Waals surface area contributed by atoms with Crippen molar-refractivity contribution in [2.75, 3.05) is 6.61 Å². The van der Waals surface area contributed by atoms with Crippen molar-refractivity contribution in [1.82, 2.24) is 0 Å². The van der Waals surface area contributed by atoms with Gasteiger partial charge in [0.25, 0.3) is 0 Å². The van der Waals surface area contributed by atoms with Crippen LogP contribution in [0.25, 0.3) is 0 Å². The van der Waals surface area contributed by atoms with Crippen LogP contribution in [-0.4, -0.2) is 6.61 Å². The molecule has 0 aliphatic heterocycles. The summed E-state index contributed by atoms with van der Waals surface area (Å²) in [5.41, 5.74) is 2.47. The zero-order valence-corrected chi connectivity index (χ0v) is 18.2. The van der Waals surface area contributed by atoms with E-state index in [-0.39, 0.29) is 5.82 Å². The maximum atomic E-state index is 15.0. The highest BCUT2D eigenvalue weighted by molar-refractivity contribution is 5.45. The lowest BCUT2D eigenvalue weighted by molar-refractivity contribution is 0.132. The molecule has 0 spiro atoms. The summed E-state index contributed by atoms with van der Waals surface area (Å²) in [5, 5.41) is 0. The van der Waals surface area contributed by atoms with Gasteiger partial charge < -0.3 is 4.74 Å². The summed E-state index contributed by atoms with van der Waals surface area (Å²) < 4.78 is 20.4. The van der Waals surface area contributed by atoms with Gasteiger partial charge in [-0.1, -0.05) is 36.6 Å². The predicted molar refractivity (Wildman–Crippen MR) is 126 cm³/mol. The molecule has 2 aliphatic carbocycles. The van der Waals surface area contributed by atoms with E-state index in [1.165, 1.54) is 25.7 Å². The lowest BCUT2D eigenvalue weighted by atomic mass is 9.64. The number of allylic oxidation sites excluding steroid dienone is 1. The third-order valence-electron chi connectivity index (χ3n) is 7.00. The monoisotopic (exact) mass is 414 g/mol. The van der Waals surface area contributed by atoms with Crippen molar-refractivity contribution < 1.29 is 9.13 Å². The number of hydrogen-bond donors (Lipinski definition) is 0. The zero-order valence-electron chi connectivity index (χ0n) is 18.2. The third-order valence-corrected chi connectivity index (χ3v) is 7.00. The van der Waals surface area contributed by atoms with Crippen LogP contribution in [-0.2, 0) is 0 Å². The molecule has 0 amide bonds. The van der Waals surface area contributed by atoms with E-state index in [9.17, 15) is 4.39 Å². The number of fused-ring (bicyclic) bond motifs is 1. The SMILES string of the molecule is C=CCOc1ccc(C#Cc2ccc(C3CCC4CC(C=C)CCC4C3)c(F)c2)cc1. The Labute approximate surface area is 186 Å². The molecule has 0 saturated heterocycles. The Hall–Kier alpha value is -2.79. The summed E-state index contributed by atoms with van der Waals surface area (Å²) in [7, 11) is 0. The first-order valence-corrected chi connectivity index (χ1v) is 11.4. The molecule has 2 heteroatoms. The van der Waals surface area contributed by atoms with Gasteiger partial charge in [0.05, 0.1) is 0 Å². The van der Waals surface area contributed by atoms with Crippen LogP contribution in [0, 0.1) is 35.4 Å². The quantitative estimate of drug-likeness (QED) is 0.369. The Bertz CT molecular complexity index is 978. The van der Waals surface area contributed by atoms with E-state index in [2.05, 4.69) is 31.1 Å². The molecule has 4 atom stereocenters. The van der Waals surface area contributed by atoms with Crippen molar-refractivity contribution >= 4 is 0 Å². The second-order valence-corrected chi connectivity index (χ2v) is 8.95. The van der Waals surface area contributed by atoms with Gasteiger partial charge in [-0.15, -0.1) is 6.58 Å². The van der Waals surface area contributed by atoms with Crippen LogP contribution in [0.5, 0.6) is 5.75 Å². The smallest absolute Gasteiger partial charge is 0.127 e. The van der Waals surface area contributed by atoms with E-state index in [0.29, 0.717) is 24.0 Å². The van der Waals surface area contributed by atoms with Gasteiger partial charge in [-0.25, -0.2) is 4.39 Å². The Morgan fingerprint density at radius 2 is 1.61 bits per heavy atom. The van der Waals surface area contributed by atoms with Gasteiger partial charge in [0.1, 0.15) is 18.2 Å². The van der Waals surface area contributed by atoms with Crippen molar-refractivity contribution in [2.45, 2.75) is 44.4 Å². The molecule has 2 saturated carbocycles. The zero-order chi connectivity index (χ0) is 21.6. The fraction of sp³-hybridized carbons (Fsp3) is 0.379. The fourth-order valence-electron chi connectivity index (χ4n) is 5.29. The van der Waals surface area contributed by atoms with Crippen LogP contribution in [0.2, 0.25) is 0 Å². The normalized spacial score (nSPS) is 24.9. The molecule has 0 heterocycles. The van der Waals surface area contributed by atoms with E-state index in [1.807, 2.05) is 36.4 Å². The molecule has 4 unspecified atom stereocenters. The van der Waals surface area contributed by atoms with Gasteiger partial charge in [-0.05, 0) is 104 Å². The highest BCUT2D eigenvalue weighted by Gasteiger charge is 2.35. The van der Waals surface area contributed by atoms with E-state index in [0.717, 1.165) is 41.6 Å². The van der Waals surface area contributed by atoms with Gasteiger partial charge in [0, 0.05) is 11.1 Å². The van der Waals surface area contributed by atoms with Gasteiger partial charge in [-0.3, -0.25) is 0 Å². The molecular weight excluding hydrogens is 383 g/mol. The average molecular weight is 415 g/mol. The first-order valence-electron chi connectivity index (χ1n) is 11.4. The topological polar surface area (TPSA) is 9.23 Å². The van der Waals surface area contributed by atoms with Crippen LogP contribution in [0.4, 0.5) is 4.39 Å². The van der Waals surface area contributed by atoms with Crippen molar-refractivity contribution in [3.63, 3.8) is 0 Å². The molecule has 0 aromatic heterocycles. The summed E-state index contributed by atoms with van der Waals surface area (Å²) in [5.74, 6) is 9.46. The van der Waals surface area contributed by atoms with Crippen LogP contribution in [0.1, 0.15) is 61.1 Å². The molecule has 31 heavy (non-hydrogen) atoms. The van der Waals surface area contributed by atoms with E-state index < -0.39 is 0 Å². The Morgan fingerprint density at radius 3 is 2.35 bits per heavy atom. The first kappa shape index (κ1) is 21.4. The van der Waals surface area contributed by atoms with Crippen LogP contribution < -0.4 is 4.74 Å². The lowest BCUT2D eigenvalue weighted by Gasteiger charge is -2.41. The average Bonchev–Trinajstić information content (AvgIpc) is 2.81. The van der Waals surface area contributed by atoms with Crippen LogP contribution in [0.3, 0.4) is 0 Å². The second kappa shape index (κ2) is 10.0. The minimum Gasteiger partial charge on any atom is -0.490 e. The van der Waals surface area contributed by atoms with Gasteiger partial charge in [0.2, 0.25) is 0 Å². The van der Waals surface area contributed by atoms with Crippen molar-refractivity contribution in [3.05, 3.63) is 90.3 Å². The first-order chi connectivity index (χ1) is 15.2. The summed E-state index contributed by atoms with van der Waals surface area (Å²) >= 11 is 0. The second-order valence-electron chi connectivity index (χ2n) is 8.95. The molecule has 2 aliphatic rings. The van der Waals surface area contributed by atoms with Crippen molar-refractivity contribution in [2.24, 2.45) is 17.8 Å². The summed E-state index contributed by atoms with van der Waals surface area (Å²) in [6.07, 6.45) is 11.1. The van der Waals surface area contributed by atoms with E-state index in [4.69, 9.17) is 4.74 Å². The summed E-state index contributed by atoms with van der Waals surface area (Å²) in [6, 6.07) is 13.1. The molecule has 4 rings (SSSR count). The molecule has 2 aromatic carbocycles. The minimum absolute atomic E-state index is 0.108. The molecule has 1 nitrogen and oxygen atoms in total. The van der Waals surface area contributed by atoms with Crippen LogP contribution in [0.15, 0.2) is 67.8 Å². The standard InChI is InChI=1S/C29H31FO/c1-3-17-31-27-14-8-22(9-15-27)5-6-23-10-16-28(29(30)19-23)26-13-12-24-18-21(4-2)7-11-25(24)20-26/h3-4,8-10,14-16,19,21,24-26H,1-2,7,11-13,17-18,20H2. The molecule has 0 radical (unpaired) electrons. The predicted octanol–water partition coefficient (Wildman–Crippen LogP) is 7.28. The number of ether oxygens (including phenoxy) is 1. The summed E-state index contributed by atoms with van der Waals surface area (Å²) in [4.78, 5) is 0. The Kier molecular flexibility index (Phi) is 6.92. The highest BCUT2D eigenvalue weighted by atomic mass is 19.1. The van der Waals surface area contributed by atoms with Crippen molar-refractivity contribution in [3.8, 4) is 17.6 Å². The maximum Gasteiger partial charge on any atom is 0.127 e. The minimum atomic E-state index is -0.108. The van der Waals surface area contributed by atoms with Gasteiger partial charge in [-0.2, -0.15) is 0 Å². The molecular formula is C29H31FO. The highest BCUT2D eigenvalue weighted by Crippen LogP contribution is 2.48. The summed E-state index contributed by atoms with van der Waals surface area (Å²) in [6.45, 7) is 8.11. The number of halogens is 1.